The number of methoxy groups -OCH3 is 1. The van der Waals surface area contributed by atoms with E-state index in [-0.39, 0.29) is 5.83 Å². The smallest absolute Gasteiger partial charge is 0.148 e. The van der Waals surface area contributed by atoms with Gasteiger partial charge in [-0.15, -0.1) is 0 Å². The first-order valence-corrected chi connectivity index (χ1v) is 6.88. The average molecular weight is 333 g/mol. The molecule has 0 atom stereocenters. The van der Waals surface area contributed by atoms with E-state index in [1.807, 2.05) is 30.3 Å². The zero-order valence-electron chi connectivity index (χ0n) is 11.1. The monoisotopic (exact) mass is 332 g/mol. The summed E-state index contributed by atoms with van der Waals surface area (Å²) in [5.74, 6) is 0.135. The molecule has 0 aliphatic heterocycles. The second-order valence-corrected chi connectivity index (χ2v) is 5.01. The molecule has 102 valence electrons. The molecule has 0 aliphatic carbocycles. The number of ether oxygens (including phenoxy) is 1. The van der Waals surface area contributed by atoms with Crippen LogP contribution in [0.5, 0.6) is 5.75 Å². The van der Waals surface area contributed by atoms with E-state index in [0.717, 1.165) is 10.8 Å². The van der Waals surface area contributed by atoms with Gasteiger partial charge in [-0.3, -0.25) is 0 Å². The topological polar surface area (TPSA) is 9.23 Å². The molecule has 0 heterocycles. The van der Waals surface area contributed by atoms with Gasteiger partial charge in [-0.2, -0.15) is 0 Å². The molecule has 2 aromatic rings. The molecule has 0 bridgehead atoms. The number of halogens is 2. The van der Waals surface area contributed by atoms with Crippen LogP contribution in [0.4, 0.5) is 4.39 Å². The van der Waals surface area contributed by atoms with Gasteiger partial charge in [0, 0.05) is 0 Å². The van der Waals surface area contributed by atoms with Crippen LogP contribution in [0.3, 0.4) is 0 Å². The number of rotatable bonds is 4. The number of hydrogen-bond acceptors (Lipinski definition) is 1. The Kier molecular flexibility index (Phi) is 4.74. The average Bonchev–Trinajstić information content (AvgIpc) is 2.50. The van der Waals surface area contributed by atoms with Crippen LogP contribution in [0, 0.1) is 0 Å². The zero-order valence-corrected chi connectivity index (χ0v) is 12.7. The van der Waals surface area contributed by atoms with Crippen LogP contribution < -0.4 is 4.74 Å². The maximum atomic E-state index is 14.5. The van der Waals surface area contributed by atoms with Gasteiger partial charge in [-0.05, 0) is 44.9 Å². The van der Waals surface area contributed by atoms with E-state index in [1.165, 1.54) is 7.11 Å². The molecule has 20 heavy (non-hydrogen) atoms. The molecule has 0 radical (unpaired) electrons. The molecule has 0 unspecified atom stereocenters. The molecule has 1 nitrogen and oxygen atoms in total. The number of hydrogen-bond donors (Lipinski definition) is 0. The first-order valence-electron chi connectivity index (χ1n) is 6.09. The molecule has 0 fully saturated rings. The molecule has 0 saturated carbocycles. The van der Waals surface area contributed by atoms with E-state index in [4.69, 9.17) is 4.74 Å². The summed E-state index contributed by atoms with van der Waals surface area (Å²) in [5, 5.41) is 1.98. The van der Waals surface area contributed by atoms with Crippen LogP contribution in [0.25, 0.3) is 16.6 Å². The lowest BCUT2D eigenvalue weighted by Gasteiger charge is -2.09. The highest BCUT2D eigenvalue weighted by Gasteiger charge is 2.12. The van der Waals surface area contributed by atoms with Gasteiger partial charge in [0.2, 0.25) is 0 Å². The Morgan fingerprint density at radius 3 is 2.50 bits per heavy atom. The van der Waals surface area contributed by atoms with Gasteiger partial charge >= 0.3 is 0 Å². The summed E-state index contributed by atoms with van der Waals surface area (Å²) in [6.45, 7) is 3.56. The molecule has 2 rings (SSSR count). The van der Waals surface area contributed by atoms with Crippen LogP contribution in [0.2, 0.25) is 0 Å². The highest BCUT2D eigenvalue weighted by molar-refractivity contribution is 9.12. The Labute approximate surface area is 126 Å². The second kappa shape index (κ2) is 6.53. The molecule has 0 spiro atoms. The summed E-state index contributed by atoms with van der Waals surface area (Å²) in [6, 6.07) is 11.4. The summed E-state index contributed by atoms with van der Waals surface area (Å²) >= 11 is 3.22. The van der Waals surface area contributed by atoms with Crippen LogP contribution in [0.1, 0.15) is 5.56 Å². The molecule has 0 saturated heterocycles. The minimum absolute atomic E-state index is 0.353. The summed E-state index contributed by atoms with van der Waals surface area (Å²) in [4.78, 5) is 0. The van der Waals surface area contributed by atoms with Crippen LogP contribution >= 0.6 is 15.9 Å². The molecule has 3 heteroatoms. The lowest BCUT2D eigenvalue weighted by atomic mass is 10.0. The van der Waals surface area contributed by atoms with Gasteiger partial charge in [-0.25, -0.2) is 4.39 Å². The van der Waals surface area contributed by atoms with Crippen molar-refractivity contribution < 1.29 is 9.13 Å². The highest BCUT2D eigenvalue weighted by Crippen LogP contribution is 2.35. The van der Waals surface area contributed by atoms with E-state index in [9.17, 15) is 4.39 Å². The number of fused-ring (bicyclic) bond motifs is 1. The summed E-state index contributed by atoms with van der Waals surface area (Å²) in [6.07, 6.45) is 4.86. The third kappa shape index (κ3) is 2.99. The quantitative estimate of drug-likeness (QED) is 0.660. The predicted molar refractivity (Wildman–Crippen MR) is 86.8 cm³/mol. The predicted octanol–water partition coefficient (Wildman–Crippen LogP) is 5.62. The van der Waals surface area contributed by atoms with E-state index in [0.29, 0.717) is 15.8 Å². The van der Waals surface area contributed by atoms with Gasteiger partial charge in [0.05, 0.1) is 17.2 Å². The third-order valence-corrected chi connectivity index (χ3v) is 3.51. The van der Waals surface area contributed by atoms with Crippen molar-refractivity contribution in [1.82, 2.24) is 0 Å². The Bertz CT molecular complexity index is 701. The number of benzene rings is 2. The largest absolute Gasteiger partial charge is 0.496 e. The normalized spacial score (nSPS) is 12.6. The summed E-state index contributed by atoms with van der Waals surface area (Å²) in [5.41, 5.74) is 0.423. The van der Waals surface area contributed by atoms with Crippen molar-refractivity contribution in [3.63, 3.8) is 0 Å². The molecule has 0 amide bonds. The van der Waals surface area contributed by atoms with Gasteiger partial charge < -0.3 is 4.74 Å². The zero-order chi connectivity index (χ0) is 14.5. The minimum Gasteiger partial charge on any atom is -0.496 e. The SMILES string of the molecule is C=C/C=C\C(Br)=C(/F)c1cc2ccccc2cc1OC. The van der Waals surface area contributed by atoms with E-state index >= 15 is 0 Å². The lowest BCUT2D eigenvalue weighted by Crippen LogP contribution is -1.91. The van der Waals surface area contributed by atoms with Crippen molar-refractivity contribution >= 4 is 32.5 Å². The number of allylic oxidation sites excluding steroid dienone is 4. The summed E-state index contributed by atoms with van der Waals surface area (Å²) in [7, 11) is 1.54. The van der Waals surface area contributed by atoms with E-state index in [1.54, 1.807) is 24.3 Å². The second-order valence-electron chi connectivity index (χ2n) is 4.16. The van der Waals surface area contributed by atoms with Crippen LogP contribution in [0.15, 0.2) is 65.7 Å². The van der Waals surface area contributed by atoms with E-state index in [2.05, 4.69) is 22.5 Å². The first kappa shape index (κ1) is 14.5. The van der Waals surface area contributed by atoms with Crippen LogP contribution in [-0.2, 0) is 0 Å². The first-order chi connectivity index (χ1) is 9.67. The fraction of sp³-hybridized carbons (Fsp3) is 0.0588. The van der Waals surface area contributed by atoms with Gasteiger partial charge in [-0.1, -0.05) is 43.0 Å². The minimum atomic E-state index is -0.370. The van der Waals surface area contributed by atoms with Crippen LogP contribution in [-0.4, -0.2) is 7.11 Å². The lowest BCUT2D eigenvalue weighted by molar-refractivity contribution is 0.413. The fourth-order valence-corrected chi connectivity index (χ4v) is 2.28. The van der Waals surface area contributed by atoms with Crippen molar-refractivity contribution in [2.75, 3.05) is 7.11 Å². The molecule has 0 aromatic heterocycles. The van der Waals surface area contributed by atoms with Gasteiger partial charge in [0.25, 0.3) is 0 Å². The van der Waals surface area contributed by atoms with Crippen molar-refractivity contribution in [3.8, 4) is 5.75 Å². The Balaban J connectivity index is 2.63. The molecule has 2 aromatic carbocycles. The Hall–Kier alpha value is -1.87. The molecular weight excluding hydrogens is 319 g/mol. The van der Waals surface area contributed by atoms with Crippen molar-refractivity contribution in [2.45, 2.75) is 0 Å². The van der Waals surface area contributed by atoms with E-state index < -0.39 is 0 Å². The van der Waals surface area contributed by atoms with Crippen molar-refractivity contribution in [1.29, 1.82) is 0 Å². The molecular formula is C17H14BrFO. The highest BCUT2D eigenvalue weighted by atomic mass is 79.9. The van der Waals surface area contributed by atoms with Crippen molar-refractivity contribution in [3.05, 3.63) is 71.3 Å². The fourth-order valence-electron chi connectivity index (χ4n) is 1.91. The Morgan fingerprint density at radius 2 is 1.90 bits per heavy atom. The van der Waals surface area contributed by atoms with Gasteiger partial charge in [0.1, 0.15) is 11.6 Å². The molecule has 0 aliphatic rings. The van der Waals surface area contributed by atoms with Crippen molar-refractivity contribution in [2.24, 2.45) is 0 Å². The third-order valence-electron chi connectivity index (χ3n) is 2.89. The maximum absolute atomic E-state index is 14.5. The molecule has 0 N–H and O–H groups in total. The summed E-state index contributed by atoms with van der Waals surface area (Å²) < 4.78 is 20.1. The maximum Gasteiger partial charge on any atom is 0.148 e. The standard InChI is InChI=1S/C17H14BrFO/c1-3-4-9-15(18)17(19)14-10-12-7-5-6-8-13(12)11-16(14)20-2/h3-11H,1H2,2H3/b9-4-,17-15+. The van der Waals surface area contributed by atoms with Gasteiger partial charge in [0.15, 0.2) is 0 Å². The Morgan fingerprint density at radius 1 is 1.25 bits per heavy atom.